The number of aryl methyl sites for hydroxylation is 1. The smallest absolute Gasteiger partial charge is 0.205 e. The summed E-state index contributed by atoms with van der Waals surface area (Å²) >= 11 is 15.9. The molecule has 0 aliphatic carbocycles. The van der Waals surface area contributed by atoms with E-state index in [0.29, 0.717) is 21.7 Å². The summed E-state index contributed by atoms with van der Waals surface area (Å²) < 4.78 is 1.06. The molecule has 0 radical (unpaired) electrons. The molecule has 3 N–H and O–H groups in total. The van der Waals surface area contributed by atoms with E-state index in [1.54, 1.807) is 12.1 Å². The Hall–Kier alpha value is -2.21. The second kappa shape index (κ2) is 8.03. The van der Waals surface area contributed by atoms with Crippen LogP contribution in [0.5, 0.6) is 0 Å². The number of imidazole rings is 1. The molecule has 0 amide bonds. The molecule has 142 valence electrons. The molecule has 1 aromatic heterocycles. The Balaban J connectivity index is 1.57. The van der Waals surface area contributed by atoms with Crippen molar-refractivity contribution in [2.24, 2.45) is 0 Å². The third-order valence-corrected chi connectivity index (χ3v) is 5.54. The molecule has 0 bridgehead atoms. The molecule has 0 aliphatic heterocycles. The number of hydrogen-bond acceptors (Lipinski definition) is 3. The van der Waals surface area contributed by atoms with Crippen LogP contribution in [-0.2, 0) is 6.54 Å². The van der Waals surface area contributed by atoms with Crippen LogP contribution in [0, 0.1) is 6.92 Å². The Morgan fingerprint density at radius 3 is 2.46 bits per heavy atom. The van der Waals surface area contributed by atoms with Crippen LogP contribution >= 0.6 is 39.1 Å². The lowest BCUT2D eigenvalue weighted by molar-refractivity contribution is 1.15. The van der Waals surface area contributed by atoms with Crippen LogP contribution < -0.4 is 10.6 Å². The van der Waals surface area contributed by atoms with Crippen LogP contribution in [0.4, 0.5) is 17.3 Å². The van der Waals surface area contributed by atoms with Gasteiger partial charge in [0, 0.05) is 16.7 Å². The van der Waals surface area contributed by atoms with Gasteiger partial charge in [-0.05, 0) is 60.5 Å². The van der Waals surface area contributed by atoms with Crippen molar-refractivity contribution in [3.8, 4) is 0 Å². The summed E-state index contributed by atoms with van der Waals surface area (Å²) in [5, 5.41) is 7.72. The molecule has 4 aromatic rings. The highest BCUT2D eigenvalue weighted by molar-refractivity contribution is 9.10. The van der Waals surface area contributed by atoms with Crippen molar-refractivity contribution in [2.45, 2.75) is 13.5 Å². The predicted octanol–water partition coefficient (Wildman–Crippen LogP) is 7.30. The van der Waals surface area contributed by atoms with E-state index >= 15 is 0 Å². The molecular formula is C21H17BrCl2N4. The summed E-state index contributed by atoms with van der Waals surface area (Å²) in [5.41, 5.74) is 5.84. The number of aromatic amines is 1. The molecule has 0 saturated heterocycles. The van der Waals surface area contributed by atoms with E-state index in [4.69, 9.17) is 23.2 Å². The summed E-state index contributed by atoms with van der Waals surface area (Å²) in [5.74, 6) is 0.603. The van der Waals surface area contributed by atoms with Gasteiger partial charge in [-0.15, -0.1) is 0 Å². The van der Waals surface area contributed by atoms with E-state index in [-0.39, 0.29) is 0 Å². The van der Waals surface area contributed by atoms with Crippen molar-refractivity contribution in [2.75, 3.05) is 10.6 Å². The molecule has 1 heterocycles. The monoisotopic (exact) mass is 474 g/mol. The maximum absolute atomic E-state index is 6.24. The average Bonchev–Trinajstić information content (AvgIpc) is 3.08. The highest BCUT2D eigenvalue weighted by atomic mass is 79.9. The number of fused-ring (bicyclic) bond motifs is 1. The van der Waals surface area contributed by atoms with Gasteiger partial charge < -0.3 is 15.6 Å². The van der Waals surface area contributed by atoms with Crippen molar-refractivity contribution in [1.29, 1.82) is 0 Å². The molecule has 3 aromatic carbocycles. The normalized spacial score (nSPS) is 11.0. The second-order valence-corrected chi connectivity index (χ2v) is 8.21. The second-order valence-electron chi connectivity index (χ2n) is 6.48. The molecule has 4 nitrogen and oxygen atoms in total. The van der Waals surface area contributed by atoms with E-state index < -0.39 is 0 Å². The number of H-pyrrole nitrogens is 1. The van der Waals surface area contributed by atoms with E-state index in [0.717, 1.165) is 33.3 Å². The minimum absolute atomic E-state index is 0.545. The minimum atomic E-state index is 0.545. The topological polar surface area (TPSA) is 52.7 Å². The fourth-order valence-corrected chi connectivity index (χ4v) is 3.79. The molecule has 0 fully saturated rings. The lowest BCUT2D eigenvalue weighted by atomic mass is 10.1. The summed E-state index contributed by atoms with van der Waals surface area (Å²) in [6, 6.07) is 17.7. The number of para-hydroxylation sites is 1. The van der Waals surface area contributed by atoms with Crippen molar-refractivity contribution in [3.63, 3.8) is 0 Å². The van der Waals surface area contributed by atoms with Crippen molar-refractivity contribution in [1.82, 2.24) is 9.97 Å². The van der Waals surface area contributed by atoms with Crippen molar-refractivity contribution < 1.29 is 0 Å². The molecule has 0 atom stereocenters. The highest BCUT2D eigenvalue weighted by Gasteiger charge is 2.11. The summed E-state index contributed by atoms with van der Waals surface area (Å²) in [7, 11) is 0. The number of anilines is 3. The van der Waals surface area contributed by atoms with Crippen LogP contribution in [0.25, 0.3) is 11.0 Å². The summed E-state index contributed by atoms with van der Waals surface area (Å²) in [6.45, 7) is 2.77. The van der Waals surface area contributed by atoms with Crippen LogP contribution in [0.1, 0.15) is 11.1 Å². The Labute approximate surface area is 181 Å². The van der Waals surface area contributed by atoms with Gasteiger partial charge in [-0.1, -0.05) is 51.3 Å². The van der Waals surface area contributed by atoms with Crippen LogP contribution in [-0.4, -0.2) is 9.97 Å². The summed E-state index contributed by atoms with van der Waals surface area (Å²) in [6.07, 6.45) is 0. The zero-order valence-electron chi connectivity index (χ0n) is 15.0. The number of aromatic nitrogens is 2. The molecule has 0 saturated carbocycles. The maximum atomic E-state index is 6.24. The number of halogens is 3. The Kier molecular flexibility index (Phi) is 5.49. The van der Waals surface area contributed by atoms with Crippen LogP contribution in [0.15, 0.2) is 59.1 Å². The molecular weight excluding hydrogens is 459 g/mol. The van der Waals surface area contributed by atoms with Crippen molar-refractivity contribution in [3.05, 3.63) is 80.2 Å². The fraction of sp³-hybridized carbons (Fsp3) is 0.0952. The SMILES string of the molecule is Cc1cc(CNc2ccc(Br)cc2)cc2[nH]c(Nc3c(Cl)cccc3Cl)nc12. The third kappa shape index (κ3) is 4.12. The quantitative estimate of drug-likeness (QED) is 0.284. The molecule has 0 spiro atoms. The first-order chi connectivity index (χ1) is 13.5. The molecule has 4 rings (SSSR count). The largest absolute Gasteiger partial charge is 0.381 e. The van der Waals surface area contributed by atoms with Crippen LogP contribution in [0.2, 0.25) is 10.0 Å². The number of nitrogens with zero attached hydrogens (tertiary/aromatic N) is 1. The van der Waals surface area contributed by atoms with Crippen molar-refractivity contribution >= 4 is 67.5 Å². The predicted molar refractivity (Wildman–Crippen MR) is 122 cm³/mol. The van der Waals surface area contributed by atoms with Gasteiger partial charge in [0.05, 0.1) is 26.8 Å². The van der Waals surface area contributed by atoms with Gasteiger partial charge >= 0.3 is 0 Å². The first-order valence-corrected chi connectivity index (χ1v) is 10.2. The maximum Gasteiger partial charge on any atom is 0.205 e. The zero-order chi connectivity index (χ0) is 19.7. The van der Waals surface area contributed by atoms with Gasteiger partial charge in [0.2, 0.25) is 5.95 Å². The fourth-order valence-electron chi connectivity index (χ4n) is 3.03. The van der Waals surface area contributed by atoms with E-state index in [9.17, 15) is 0 Å². The molecule has 28 heavy (non-hydrogen) atoms. The highest BCUT2D eigenvalue weighted by Crippen LogP contribution is 2.32. The molecule has 0 aliphatic rings. The van der Waals surface area contributed by atoms with E-state index in [1.807, 2.05) is 30.3 Å². The standard InChI is InChI=1S/C21H17BrCl2N4/c1-12-9-13(11-25-15-7-5-14(22)6-8-15)10-18-19(12)27-21(26-18)28-20-16(23)3-2-4-17(20)24/h2-10,25H,11H2,1H3,(H2,26,27,28). The summed E-state index contributed by atoms with van der Waals surface area (Å²) in [4.78, 5) is 7.96. The Bertz CT molecular complexity index is 1120. The lowest BCUT2D eigenvalue weighted by Gasteiger charge is -2.08. The minimum Gasteiger partial charge on any atom is -0.381 e. The zero-order valence-corrected chi connectivity index (χ0v) is 18.1. The van der Waals surface area contributed by atoms with E-state index in [2.05, 4.69) is 55.6 Å². The first kappa shape index (κ1) is 19.1. The Morgan fingerprint density at radius 1 is 1.04 bits per heavy atom. The lowest BCUT2D eigenvalue weighted by Crippen LogP contribution is -1.99. The van der Waals surface area contributed by atoms with Gasteiger partial charge in [-0.3, -0.25) is 0 Å². The average molecular weight is 476 g/mol. The number of nitrogens with one attached hydrogen (secondary N) is 3. The first-order valence-electron chi connectivity index (χ1n) is 8.69. The third-order valence-electron chi connectivity index (χ3n) is 4.38. The number of rotatable bonds is 5. The van der Waals surface area contributed by atoms with Gasteiger partial charge in [0.25, 0.3) is 0 Å². The molecule has 0 unspecified atom stereocenters. The number of hydrogen-bond donors (Lipinski definition) is 3. The van der Waals surface area contributed by atoms with Crippen LogP contribution in [0.3, 0.4) is 0 Å². The molecule has 7 heteroatoms. The van der Waals surface area contributed by atoms with Gasteiger partial charge in [-0.25, -0.2) is 4.98 Å². The van der Waals surface area contributed by atoms with Gasteiger partial charge in [0.1, 0.15) is 0 Å². The number of benzene rings is 3. The van der Waals surface area contributed by atoms with Gasteiger partial charge in [0.15, 0.2) is 0 Å². The van der Waals surface area contributed by atoms with Gasteiger partial charge in [-0.2, -0.15) is 0 Å². The Morgan fingerprint density at radius 2 is 1.75 bits per heavy atom. The van der Waals surface area contributed by atoms with E-state index in [1.165, 1.54) is 5.56 Å².